The molecule has 442 valence electrons. The van der Waals surface area contributed by atoms with Crippen molar-refractivity contribution >= 4 is 75.8 Å². The molecule has 9 N–H and O–H groups in total. The number of aromatic amines is 1. The normalized spacial score (nSPS) is 19.8. The summed E-state index contributed by atoms with van der Waals surface area (Å²) in [6.07, 6.45) is 1.64. The third-order valence-corrected chi connectivity index (χ3v) is 18.5. The van der Waals surface area contributed by atoms with Crippen molar-refractivity contribution in [2.45, 2.75) is 119 Å². The molecule has 0 bridgehead atoms. The van der Waals surface area contributed by atoms with Crippen LogP contribution in [0.1, 0.15) is 125 Å². The van der Waals surface area contributed by atoms with Crippen LogP contribution in [0.5, 0.6) is 0 Å². The van der Waals surface area contributed by atoms with Gasteiger partial charge in [0.2, 0.25) is 45.5 Å². The fourth-order valence-electron chi connectivity index (χ4n) is 11.2. The topological polar surface area (TPSA) is 328 Å². The number of H-pyrrole nitrogens is 1. The first-order chi connectivity index (χ1) is 40.0. The Labute approximate surface area is 481 Å². The molecule has 0 radical (unpaired) electrons. The lowest BCUT2D eigenvalue weighted by Crippen LogP contribution is -2.62. The van der Waals surface area contributed by atoms with E-state index in [0.29, 0.717) is 36.0 Å². The Morgan fingerprint density at radius 3 is 2.25 bits per heavy atom. The van der Waals surface area contributed by atoms with Gasteiger partial charge in [0.1, 0.15) is 29.9 Å². The molecular formula is C58H62F2N9O13PS. The van der Waals surface area contributed by atoms with Crippen LogP contribution in [-0.4, -0.2) is 134 Å². The van der Waals surface area contributed by atoms with Gasteiger partial charge in [0, 0.05) is 72.5 Å². The molecule has 8 amide bonds. The molecule has 4 aromatic carbocycles. The van der Waals surface area contributed by atoms with Crippen molar-refractivity contribution in [3.63, 3.8) is 0 Å². The Kier molecular flexibility index (Phi) is 18.3. The van der Waals surface area contributed by atoms with Crippen LogP contribution < -0.4 is 27.0 Å². The quantitative estimate of drug-likeness (QED) is 0.0238. The number of unbranched alkanes of at least 4 members (excludes halogenated alkanes) is 3. The summed E-state index contributed by atoms with van der Waals surface area (Å²) in [5, 5.41) is 10.6. The van der Waals surface area contributed by atoms with Crippen molar-refractivity contribution in [1.29, 1.82) is 0 Å². The van der Waals surface area contributed by atoms with Crippen LogP contribution in [0.4, 0.5) is 8.78 Å². The van der Waals surface area contributed by atoms with Gasteiger partial charge in [-0.25, -0.2) is 8.42 Å². The van der Waals surface area contributed by atoms with Gasteiger partial charge in [-0.2, -0.15) is 13.1 Å². The summed E-state index contributed by atoms with van der Waals surface area (Å²) in [5.74, 6) is 0.615. The first-order valence-corrected chi connectivity index (χ1v) is 30.6. The SMILES string of the molecule is NC(=O)CC[C@H](NC(=O)[C@@H]1CC[C@@H]2CCN(S(=O)(=O)CCCCCC#Cc3cccc4c3CN(C3CCC(=O)NC3=O)C4=O)C[C@H](NC(=O)c3cc4cc(C(F)(F)P(=O)(O)O)ccc4[nH]3)C(=O)N21)C(=O)NC(c1ccccc1)c1ccccc1. The van der Waals surface area contributed by atoms with E-state index in [1.165, 1.54) is 9.80 Å². The maximum Gasteiger partial charge on any atom is 0.399 e. The van der Waals surface area contributed by atoms with Crippen molar-refractivity contribution in [2.24, 2.45) is 5.73 Å². The Hall–Kier alpha value is -8.14. The lowest BCUT2D eigenvalue weighted by atomic mass is 9.98. The van der Waals surface area contributed by atoms with E-state index in [1.807, 2.05) is 36.4 Å². The molecule has 5 heterocycles. The molecule has 4 aliphatic heterocycles. The van der Waals surface area contributed by atoms with Crippen molar-refractivity contribution in [2.75, 3.05) is 18.8 Å². The van der Waals surface area contributed by atoms with E-state index < -0.39 is 113 Å². The highest BCUT2D eigenvalue weighted by molar-refractivity contribution is 7.89. The largest absolute Gasteiger partial charge is 0.399 e. The minimum absolute atomic E-state index is 0.0477. The van der Waals surface area contributed by atoms with E-state index in [0.717, 1.165) is 39.7 Å². The number of hydrogen-bond donors (Lipinski definition) is 8. The monoisotopic (exact) mass is 1190 g/mol. The number of sulfonamides is 1. The molecule has 3 fully saturated rings. The van der Waals surface area contributed by atoms with Gasteiger partial charge in [0.25, 0.3) is 11.8 Å². The zero-order chi connectivity index (χ0) is 60.1. The molecule has 5 aromatic rings. The van der Waals surface area contributed by atoms with Crippen LogP contribution in [-0.2, 0) is 55.6 Å². The number of primary amides is 1. The Morgan fingerprint density at radius 1 is 0.857 bits per heavy atom. The molecule has 0 spiro atoms. The number of alkyl halides is 2. The minimum atomic E-state index is -5.96. The molecule has 5 atom stereocenters. The van der Waals surface area contributed by atoms with E-state index in [1.54, 1.807) is 42.5 Å². The van der Waals surface area contributed by atoms with Crippen molar-refractivity contribution in [1.82, 2.24) is 40.4 Å². The van der Waals surface area contributed by atoms with E-state index >= 15 is 4.79 Å². The van der Waals surface area contributed by atoms with E-state index in [2.05, 4.69) is 38.1 Å². The Balaban J connectivity index is 0.902. The molecule has 0 aliphatic carbocycles. The molecule has 84 heavy (non-hydrogen) atoms. The fourth-order valence-corrected chi connectivity index (χ4v) is 13.3. The predicted molar refractivity (Wildman–Crippen MR) is 300 cm³/mol. The number of carbonyl (C=O) groups excluding carboxylic acids is 8. The number of nitrogens with two attached hydrogens (primary N) is 1. The van der Waals surface area contributed by atoms with E-state index in [9.17, 15) is 65.1 Å². The number of piperidine rings is 1. The third kappa shape index (κ3) is 13.4. The molecular weight excluding hydrogens is 1130 g/mol. The smallest absolute Gasteiger partial charge is 0.370 e. The van der Waals surface area contributed by atoms with Crippen molar-refractivity contribution in [3.8, 4) is 11.8 Å². The predicted octanol–water partition coefficient (Wildman–Crippen LogP) is 3.92. The molecule has 0 saturated carbocycles. The summed E-state index contributed by atoms with van der Waals surface area (Å²) < 4.78 is 70.9. The standard InChI is InChI=1S/C58H62F2N9O13PS/c59-58(60,83(78,79)80)39-20-22-43-38(31-39)32-45(62-43)53(73)64-46-34-67(84(81,82)30-11-3-1-2-6-13-35-18-12-19-41-42(35)33-68(56(41)76)47-25-27-50(71)65-54(47)74)29-28-40-21-24-48(69(40)57(46)77)55(75)63-44(23-26-49(61)70)52(72)66-51(36-14-7-4-8-15-36)37-16-9-5-10-17-37/h4-5,7-10,12,14-20,22,31-32,40,44,46-48,51,62H,1-3,11,21,23-30,33-34H2,(H2,61,70)(H,63,75)(H,64,73)(H,66,72)(H,65,71,74)(H2,78,79,80)/t40-,44+,46+,47?,48+/m1/s1. The van der Waals surface area contributed by atoms with Gasteiger partial charge in [-0.15, -0.1) is 0 Å². The van der Waals surface area contributed by atoms with E-state index in [-0.39, 0.29) is 92.7 Å². The number of nitrogens with one attached hydrogen (secondary N) is 5. The first kappa shape index (κ1) is 60.5. The number of carbonyl (C=O) groups is 8. The summed E-state index contributed by atoms with van der Waals surface area (Å²) >= 11 is 0. The van der Waals surface area contributed by atoms with Gasteiger partial charge in [-0.05, 0) is 92.0 Å². The summed E-state index contributed by atoms with van der Waals surface area (Å²) in [4.78, 5) is 132. The summed E-state index contributed by atoms with van der Waals surface area (Å²) in [5.41, 5.74) is 2.88. The van der Waals surface area contributed by atoms with Crippen LogP contribution in [0.3, 0.4) is 0 Å². The second-order valence-electron chi connectivity index (χ2n) is 21.2. The number of amides is 8. The van der Waals surface area contributed by atoms with Crippen LogP contribution in [0.15, 0.2) is 103 Å². The van der Waals surface area contributed by atoms with Gasteiger partial charge >= 0.3 is 13.3 Å². The Bertz CT molecular complexity index is 3590. The molecule has 1 unspecified atom stereocenters. The summed E-state index contributed by atoms with van der Waals surface area (Å²) in [6.45, 7) is -0.585. The Morgan fingerprint density at radius 2 is 1.57 bits per heavy atom. The summed E-state index contributed by atoms with van der Waals surface area (Å²) in [6, 6.07) is 20.6. The number of hydrogen-bond acceptors (Lipinski definition) is 11. The van der Waals surface area contributed by atoms with Crippen molar-refractivity contribution in [3.05, 3.63) is 142 Å². The lowest BCUT2D eigenvalue weighted by molar-refractivity contribution is -0.143. The highest BCUT2D eigenvalue weighted by atomic mass is 32.2. The molecule has 4 aliphatic rings. The second-order valence-corrected chi connectivity index (χ2v) is 25.0. The van der Waals surface area contributed by atoms with Gasteiger partial charge in [0.05, 0.1) is 11.8 Å². The van der Waals surface area contributed by atoms with Crippen LogP contribution in [0.25, 0.3) is 10.9 Å². The zero-order valence-corrected chi connectivity index (χ0v) is 47.0. The van der Waals surface area contributed by atoms with Crippen LogP contribution in [0.2, 0.25) is 0 Å². The number of rotatable bonds is 20. The molecule has 3 saturated heterocycles. The maximum absolute atomic E-state index is 15.0. The van der Waals surface area contributed by atoms with Gasteiger partial charge in [-0.3, -0.25) is 48.2 Å². The first-order valence-electron chi connectivity index (χ1n) is 27.4. The number of nitrogens with zero attached hydrogens (tertiary/aromatic N) is 3. The number of fused-ring (bicyclic) bond motifs is 3. The van der Waals surface area contributed by atoms with E-state index in [4.69, 9.17) is 5.73 Å². The number of halogens is 2. The highest BCUT2D eigenvalue weighted by Gasteiger charge is 2.51. The van der Waals surface area contributed by atoms with Crippen LogP contribution in [0, 0.1) is 11.8 Å². The zero-order valence-electron chi connectivity index (χ0n) is 45.3. The van der Waals surface area contributed by atoms with Gasteiger partial charge < -0.3 is 46.3 Å². The van der Waals surface area contributed by atoms with Gasteiger partial charge in [-0.1, -0.05) is 91.1 Å². The average molecular weight is 1190 g/mol. The fraction of sp³-hybridized carbons (Fsp3) is 0.379. The lowest BCUT2D eigenvalue weighted by Gasteiger charge is -2.38. The van der Waals surface area contributed by atoms with Crippen molar-refractivity contribution < 1.29 is 69.9 Å². The number of benzene rings is 4. The highest BCUT2D eigenvalue weighted by Crippen LogP contribution is 2.59. The number of imide groups is 1. The molecule has 22 nitrogen and oxygen atoms in total. The second kappa shape index (κ2) is 25.4. The average Bonchev–Trinajstić information content (AvgIpc) is 2.76. The molecule has 1 aromatic heterocycles. The molecule has 26 heteroatoms. The van der Waals surface area contributed by atoms with Crippen LogP contribution >= 0.6 is 7.60 Å². The number of aromatic nitrogens is 1. The summed E-state index contributed by atoms with van der Waals surface area (Å²) in [7, 11) is -10.1. The van der Waals surface area contributed by atoms with Gasteiger partial charge in [0.15, 0.2) is 0 Å². The maximum atomic E-state index is 15.0. The minimum Gasteiger partial charge on any atom is -0.370 e. The third-order valence-electron chi connectivity index (χ3n) is 15.6. The molecule has 9 rings (SSSR count).